The smallest absolute Gasteiger partial charge is 0.146 e. The number of oxime groups is 1. The van der Waals surface area contributed by atoms with Crippen molar-refractivity contribution in [1.82, 2.24) is 5.32 Å². The molecule has 1 heterocycles. The van der Waals surface area contributed by atoms with E-state index in [4.69, 9.17) is 33.4 Å². The zero-order valence-electron chi connectivity index (χ0n) is 13.4. The Morgan fingerprint density at radius 2 is 2.22 bits per heavy atom. The van der Waals surface area contributed by atoms with Gasteiger partial charge >= 0.3 is 0 Å². The minimum atomic E-state index is -0.430. The van der Waals surface area contributed by atoms with E-state index in [1.54, 1.807) is 17.6 Å². The van der Waals surface area contributed by atoms with Crippen molar-refractivity contribution in [3.63, 3.8) is 0 Å². The van der Waals surface area contributed by atoms with Gasteiger partial charge in [-0.15, -0.1) is 11.3 Å². The van der Waals surface area contributed by atoms with E-state index in [1.165, 1.54) is 7.11 Å². The second kappa shape index (κ2) is 7.47. The van der Waals surface area contributed by atoms with Crippen molar-refractivity contribution in [3.8, 4) is 5.75 Å². The topological polar surface area (TPSA) is 42.8 Å². The average Bonchev–Trinajstić information content (AvgIpc) is 2.93. The standard InChI is InChI=1S/C16H19ClN2O2S2/c1-10(15(22)19-16(2,3)9-18-20-4)21-11-7-13(17)12-5-6-23-14(12)8-11/h5-10H,1-4H3,(H,19,22). The van der Waals surface area contributed by atoms with Crippen molar-refractivity contribution in [3.05, 3.63) is 28.6 Å². The monoisotopic (exact) mass is 370 g/mol. The number of hydrogen-bond acceptors (Lipinski definition) is 5. The molecule has 0 saturated heterocycles. The van der Waals surface area contributed by atoms with Crippen molar-refractivity contribution in [1.29, 1.82) is 0 Å². The summed E-state index contributed by atoms with van der Waals surface area (Å²) >= 11 is 13.3. The molecule has 0 spiro atoms. The van der Waals surface area contributed by atoms with Gasteiger partial charge in [0.15, 0.2) is 0 Å². The summed E-state index contributed by atoms with van der Waals surface area (Å²) in [5.41, 5.74) is -0.430. The molecule has 4 nitrogen and oxygen atoms in total. The summed E-state index contributed by atoms with van der Waals surface area (Å²) in [6.45, 7) is 5.79. The van der Waals surface area contributed by atoms with E-state index >= 15 is 0 Å². The normalized spacial score (nSPS) is 13.3. The highest BCUT2D eigenvalue weighted by Gasteiger charge is 2.20. The van der Waals surface area contributed by atoms with Crippen LogP contribution in [0.3, 0.4) is 0 Å². The van der Waals surface area contributed by atoms with Crippen LogP contribution in [-0.4, -0.2) is 30.0 Å². The van der Waals surface area contributed by atoms with Crippen LogP contribution in [0, 0.1) is 0 Å². The number of thiocarbonyl (C=S) groups is 1. The molecule has 0 saturated carbocycles. The summed E-state index contributed by atoms with van der Waals surface area (Å²) in [5.74, 6) is 0.699. The number of nitrogens with one attached hydrogen (secondary N) is 1. The van der Waals surface area contributed by atoms with Crippen molar-refractivity contribution in [2.45, 2.75) is 32.4 Å². The first kappa shape index (κ1) is 18.0. The van der Waals surface area contributed by atoms with Crippen LogP contribution < -0.4 is 10.1 Å². The lowest BCUT2D eigenvalue weighted by atomic mass is 10.1. The van der Waals surface area contributed by atoms with E-state index in [2.05, 4.69) is 10.5 Å². The molecule has 124 valence electrons. The number of ether oxygens (including phenoxy) is 1. The second-order valence-electron chi connectivity index (χ2n) is 5.63. The van der Waals surface area contributed by atoms with Gasteiger partial charge in [0.2, 0.25) is 0 Å². The van der Waals surface area contributed by atoms with Crippen molar-refractivity contribution < 1.29 is 9.57 Å². The number of nitrogens with zero attached hydrogens (tertiary/aromatic N) is 1. The maximum Gasteiger partial charge on any atom is 0.146 e. The fraction of sp³-hybridized carbons (Fsp3) is 0.375. The molecule has 0 aliphatic carbocycles. The van der Waals surface area contributed by atoms with Gasteiger partial charge in [0.25, 0.3) is 0 Å². The molecule has 1 atom stereocenters. The van der Waals surface area contributed by atoms with Gasteiger partial charge in [-0.1, -0.05) is 29.0 Å². The summed E-state index contributed by atoms with van der Waals surface area (Å²) in [5, 5.41) is 10.7. The first-order chi connectivity index (χ1) is 10.8. The predicted molar refractivity (Wildman–Crippen MR) is 102 cm³/mol. The van der Waals surface area contributed by atoms with E-state index in [1.807, 2.05) is 44.4 Å². The summed E-state index contributed by atoms with van der Waals surface area (Å²) in [6.07, 6.45) is 1.36. The molecule has 0 fully saturated rings. The average molecular weight is 371 g/mol. The highest BCUT2D eigenvalue weighted by atomic mass is 35.5. The molecule has 1 aromatic heterocycles. The summed E-state index contributed by atoms with van der Waals surface area (Å²) in [4.78, 5) is 5.29. The second-order valence-corrected chi connectivity index (χ2v) is 7.42. The van der Waals surface area contributed by atoms with Gasteiger partial charge in [-0.2, -0.15) is 0 Å². The molecule has 23 heavy (non-hydrogen) atoms. The van der Waals surface area contributed by atoms with E-state index in [-0.39, 0.29) is 6.10 Å². The van der Waals surface area contributed by atoms with E-state index in [0.29, 0.717) is 15.8 Å². The van der Waals surface area contributed by atoms with Crippen LogP contribution in [0.4, 0.5) is 0 Å². The predicted octanol–water partition coefficient (Wildman–Crippen LogP) is 4.65. The first-order valence-corrected chi connectivity index (χ1v) is 8.72. The van der Waals surface area contributed by atoms with Gasteiger partial charge in [0.1, 0.15) is 24.0 Å². The summed E-state index contributed by atoms with van der Waals surface area (Å²) < 4.78 is 7.02. The van der Waals surface area contributed by atoms with E-state index in [0.717, 1.165) is 10.1 Å². The van der Waals surface area contributed by atoms with E-state index in [9.17, 15) is 0 Å². The molecule has 0 aliphatic rings. The highest BCUT2D eigenvalue weighted by molar-refractivity contribution is 7.80. The van der Waals surface area contributed by atoms with Gasteiger partial charge in [0, 0.05) is 10.1 Å². The molecule has 1 unspecified atom stereocenters. The zero-order valence-corrected chi connectivity index (χ0v) is 15.8. The van der Waals surface area contributed by atoms with Gasteiger partial charge in [-0.25, -0.2) is 0 Å². The summed E-state index contributed by atoms with van der Waals surface area (Å²) in [7, 11) is 1.50. The molecule has 2 aromatic rings. The minimum Gasteiger partial charge on any atom is -0.484 e. The van der Waals surface area contributed by atoms with Gasteiger partial charge < -0.3 is 14.9 Å². The zero-order chi connectivity index (χ0) is 17.0. The van der Waals surface area contributed by atoms with Crippen LogP contribution in [0.1, 0.15) is 20.8 Å². The molecule has 0 aliphatic heterocycles. The molecule has 2 rings (SSSR count). The first-order valence-electron chi connectivity index (χ1n) is 7.05. The number of rotatable bonds is 6. The Labute approximate surface area is 150 Å². The molecule has 1 aromatic carbocycles. The number of hydrogen-bond donors (Lipinski definition) is 1. The molecule has 0 amide bonds. The third kappa shape index (κ3) is 4.80. The van der Waals surface area contributed by atoms with Gasteiger partial charge in [0.05, 0.1) is 16.8 Å². The Morgan fingerprint density at radius 3 is 2.91 bits per heavy atom. The Kier molecular flexibility index (Phi) is 5.84. The maximum absolute atomic E-state index is 6.28. The molecule has 7 heteroatoms. The molecule has 0 bridgehead atoms. The molecular formula is C16H19ClN2O2S2. The van der Waals surface area contributed by atoms with Crippen LogP contribution in [0.25, 0.3) is 10.1 Å². The lowest BCUT2D eigenvalue weighted by Crippen LogP contribution is -2.48. The lowest BCUT2D eigenvalue weighted by molar-refractivity contribution is 0.212. The third-order valence-corrected chi connectivity index (χ3v) is 4.71. The lowest BCUT2D eigenvalue weighted by Gasteiger charge is -2.26. The Morgan fingerprint density at radius 1 is 1.48 bits per heavy atom. The highest BCUT2D eigenvalue weighted by Crippen LogP contribution is 2.33. The fourth-order valence-electron chi connectivity index (χ4n) is 1.97. The van der Waals surface area contributed by atoms with Crippen molar-refractivity contribution >= 4 is 56.4 Å². The van der Waals surface area contributed by atoms with Crippen LogP contribution in [-0.2, 0) is 4.84 Å². The largest absolute Gasteiger partial charge is 0.484 e. The van der Waals surface area contributed by atoms with Crippen LogP contribution >= 0.6 is 35.2 Å². The Hall–Kier alpha value is -1.37. The molecular weight excluding hydrogens is 352 g/mol. The molecule has 1 N–H and O–H groups in total. The van der Waals surface area contributed by atoms with Crippen LogP contribution in [0.5, 0.6) is 5.75 Å². The maximum atomic E-state index is 6.28. The number of fused-ring (bicyclic) bond motifs is 1. The van der Waals surface area contributed by atoms with Gasteiger partial charge in [-0.3, -0.25) is 0 Å². The van der Waals surface area contributed by atoms with Crippen LogP contribution in [0.15, 0.2) is 28.7 Å². The van der Waals surface area contributed by atoms with Crippen LogP contribution in [0.2, 0.25) is 5.02 Å². The van der Waals surface area contributed by atoms with Crippen molar-refractivity contribution in [2.24, 2.45) is 5.16 Å². The SMILES string of the molecule is CON=CC(C)(C)NC(=S)C(C)Oc1cc(Cl)c2ccsc2c1. The molecule has 0 radical (unpaired) electrons. The third-order valence-electron chi connectivity index (χ3n) is 3.10. The summed E-state index contributed by atoms with van der Waals surface area (Å²) in [6, 6.07) is 5.79. The minimum absolute atomic E-state index is 0.298. The Bertz CT molecular complexity index is 728. The quantitative estimate of drug-likeness (QED) is 0.456. The van der Waals surface area contributed by atoms with E-state index < -0.39 is 5.54 Å². The van der Waals surface area contributed by atoms with Crippen molar-refractivity contribution in [2.75, 3.05) is 7.11 Å². The fourth-order valence-corrected chi connectivity index (χ4v) is 3.44. The number of benzene rings is 1. The number of thiophene rings is 1. The van der Waals surface area contributed by atoms with Gasteiger partial charge in [-0.05, 0) is 44.4 Å². The Balaban J connectivity index is 2.06. The number of halogens is 1.